The third kappa shape index (κ3) is 5.84. The average Bonchev–Trinajstić information content (AvgIpc) is 2.34. The maximum absolute atomic E-state index is 11.9. The van der Waals surface area contributed by atoms with Gasteiger partial charge in [-0.3, -0.25) is 4.79 Å². The molecule has 0 unspecified atom stereocenters. The van der Waals surface area contributed by atoms with Crippen LogP contribution in [0.2, 0.25) is 0 Å². The number of hydrogen-bond acceptors (Lipinski definition) is 4. The van der Waals surface area contributed by atoms with E-state index in [0.29, 0.717) is 11.1 Å². The van der Waals surface area contributed by atoms with Crippen molar-refractivity contribution in [3.8, 4) is 11.8 Å². The van der Waals surface area contributed by atoms with Gasteiger partial charge < -0.3 is 11.1 Å². The van der Waals surface area contributed by atoms with Crippen molar-refractivity contribution in [3.05, 3.63) is 34.9 Å². The van der Waals surface area contributed by atoms with Crippen LogP contribution in [0.5, 0.6) is 0 Å². The number of benzene rings is 1. The first-order valence-corrected chi connectivity index (χ1v) is 7.62. The number of nitrogens with one attached hydrogen (secondary N) is 1. The molecule has 0 saturated heterocycles. The quantitative estimate of drug-likeness (QED) is 0.638. The summed E-state index contributed by atoms with van der Waals surface area (Å²) in [4.78, 5) is 11.9. The lowest BCUT2D eigenvalue weighted by Gasteiger charge is -2.06. The highest BCUT2D eigenvalue weighted by molar-refractivity contribution is 7.89. The van der Waals surface area contributed by atoms with Crippen LogP contribution in [0.3, 0.4) is 0 Å². The maximum Gasteiger partial charge on any atom is 0.251 e. The van der Waals surface area contributed by atoms with Crippen LogP contribution in [0.15, 0.2) is 18.2 Å². The minimum absolute atomic E-state index is 0.0323. The number of nitrogens with two attached hydrogens (primary N) is 2. The van der Waals surface area contributed by atoms with Gasteiger partial charge in [-0.2, -0.15) is 0 Å². The molecule has 0 fully saturated rings. The Morgan fingerprint density at radius 3 is 2.65 bits per heavy atom. The Balaban J connectivity index is 2.80. The standard InChI is InChI=1S/C13H17N3O3S/c1-10-7-11(3-2-4-14)9-12(8-10)13(17)16-5-6-20(15,18)19/h7-9H,4-6,14H2,1H3,(H,16,17)(H2,15,18,19). The smallest absolute Gasteiger partial charge is 0.251 e. The topological polar surface area (TPSA) is 115 Å². The summed E-state index contributed by atoms with van der Waals surface area (Å²) in [6.45, 7) is 2.05. The summed E-state index contributed by atoms with van der Waals surface area (Å²) in [6, 6.07) is 5.16. The van der Waals surface area contributed by atoms with Crippen molar-refractivity contribution in [1.82, 2.24) is 5.32 Å². The first-order valence-electron chi connectivity index (χ1n) is 5.91. The summed E-state index contributed by atoms with van der Waals surface area (Å²) < 4.78 is 21.5. The van der Waals surface area contributed by atoms with Crippen molar-refractivity contribution in [2.24, 2.45) is 10.9 Å². The number of amides is 1. The van der Waals surface area contributed by atoms with Crippen LogP contribution in [0, 0.1) is 18.8 Å². The molecule has 7 heteroatoms. The van der Waals surface area contributed by atoms with Crippen LogP contribution in [-0.4, -0.2) is 33.2 Å². The van der Waals surface area contributed by atoms with Gasteiger partial charge >= 0.3 is 0 Å². The van der Waals surface area contributed by atoms with E-state index in [2.05, 4.69) is 17.2 Å². The van der Waals surface area contributed by atoms with E-state index >= 15 is 0 Å². The molecule has 0 aliphatic heterocycles. The number of carbonyl (C=O) groups excluding carboxylic acids is 1. The summed E-state index contributed by atoms with van der Waals surface area (Å²) in [5.41, 5.74) is 7.28. The molecule has 6 nitrogen and oxygen atoms in total. The second kappa shape index (κ2) is 7.05. The summed E-state index contributed by atoms with van der Waals surface area (Å²) in [6.07, 6.45) is 0. The van der Waals surface area contributed by atoms with E-state index in [9.17, 15) is 13.2 Å². The fourth-order valence-electron chi connectivity index (χ4n) is 1.55. The van der Waals surface area contributed by atoms with Gasteiger partial charge in [0.25, 0.3) is 5.91 Å². The predicted molar refractivity (Wildman–Crippen MR) is 77.4 cm³/mol. The molecule has 0 heterocycles. The highest BCUT2D eigenvalue weighted by atomic mass is 32.2. The normalized spacial score (nSPS) is 10.6. The molecule has 0 bridgehead atoms. The van der Waals surface area contributed by atoms with Gasteiger partial charge in [-0.05, 0) is 30.7 Å². The summed E-state index contributed by atoms with van der Waals surface area (Å²) in [5, 5.41) is 7.35. The molecule has 5 N–H and O–H groups in total. The van der Waals surface area contributed by atoms with Crippen molar-refractivity contribution in [1.29, 1.82) is 0 Å². The highest BCUT2D eigenvalue weighted by Crippen LogP contribution is 2.09. The van der Waals surface area contributed by atoms with Gasteiger partial charge in [-0.15, -0.1) is 0 Å². The fraction of sp³-hybridized carbons (Fsp3) is 0.308. The zero-order chi connectivity index (χ0) is 15.2. The van der Waals surface area contributed by atoms with Gasteiger partial charge in [0.05, 0.1) is 12.3 Å². The number of primary sulfonamides is 1. The SMILES string of the molecule is Cc1cc(C#CCN)cc(C(=O)NCCS(N)(=O)=O)c1. The molecular weight excluding hydrogens is 278 g/mol. The van der Waals surface area contributed by atoms with Crippen molar-refractivity contribution in [2.75, 3.05) is 18.8 Å². The average molecular weight is 295 g/mol. The van der Waals surface area contributed by atoms with Gasteiger partial charge in [0.1, 0.15) is 0 Å². The van der Waals surface area contributed by atoms with E-state index in [1.54, 1.807) is 12.1 Å². The molecule has 108 valence electrons. The van der Waals surface area contributed by atoms with E-state index in [1.807, 2.05) is 13.0 Å². The summed E-state index contributed by atoms with van der Waals surface area (Å²) in [5.74, 6) is 4.89. The Kier molecular flexibility index (Phi) is 5.70. The lowest BCUT2D eigenvalue weighted by atomic mass is 10.1. The summed E-state index contributed by atoms with van der Waals surface area (Å²) >= 11 is 0. The predicted octanol–water partition coefficient (Wildman–Crippen LogP) is -0.676. The van der Waals surface area contributed by atoms with Crippen LogP contribution in [0.4, 0.5) is 0 Å². The molecule has 0 saturated carbocycles. The molecule has 0 radical (unpaired) electrons. The number of hydrogen-bond donors (Lipinski definition) is 3. The minimum atomic E-state index is -3.58. The van der Waals surface area contributed by atoms with Crippen molar-refractivity contribution < 1.29 is 13.2 Å². The van der Waals surface area contributed by atoms with Gasteiger partial charge in [0, 0.05) is 17.7 Å². The number of carbonyl (C=O) groups is 1. The monoisotopic (exact) mass is 295 g/mol. The maximum atomic E-state index is 11.9. The van der Waals surface area contributed by atoms with Crippen molar-refractivity contribution in [2.45, 2.75) is 6.92 Å². The number of sulfonamides is 1. The van der Waals surface area contributed by atoms with E-state index in [0.717, 1.165) is 5.56 Å². The Labute approximate surface area is 118 Å². The molecular formula is C13H17N3O3S. The van der Waals surface area contributed by atoms with Gasteiger partial charge in [-0.1, -0.05) is 11.8 Å². The Morgan fingerprint density at radius 1 is 1.35 bits per heavy atom. The van der Waals surface area contributed by atoms with Crippen LogP contribution < -0.4 is 16.2 Å². The van der Waals surface area contributed by atoms with E-state index in [1.165, 1.54) is 0 Å². The Hall–Kier alpha value is -1.88. The third-order valence-electron chi connectivity index (χ3n) is 2.35. The fourth-order valence-corrected chi connectivity index (χ4v) is 1.93. The van der Waals surface area contributed by atoms with Gasteiger partial charge in [0.15, 0.2) is 0 Å². The largest absolute Gasteiger partial charge is 0.351 e. The molecule has 1 rings (SSSR count). The first-order chi connectivity index (χ1) is 9.31. The molecule has 0 atom stereocenters. The van der Waals surface area contributed by atoms with Crippen LogP contribution in [0.25, 0.3) is 0 Å². The number of rotatable bonds is 4. The lowest BCUT2D eigenvalue weighted by Crippen LogP contribution is -2.31. The second-order valence-electron chi connectivity index (χ2n) is 4.22. The zero-order valence-electron chi connectivity index (χ0n) is 11.1. The molecule has 0 aliphatic rings. The van der Waals surface area contributed by atoms with Crippen LogP contribution in [0.1, 0.15) is 21.5 Å². The Bertz CT molecular complexity index is 657. The van der Waals surface area contributed by atoms with Gasteiger partial charge in [-0.25, -0.2) is 13.6 Å². The molecule has 0 spiro atoms. The summed E-state index contributed by atoms with van der Waals surface area (Å²) in [7, 11) is -3.58. The molecule has 1 amide bonds. The zero-order valence-corrected chi connectivity index (χ0v) is 12.0. The molecule has 0 aromatic heterocycles. The minimum Gasteiger partial charge on any atom is -0.351 e. The Morgan fingerprint density at radius 2 is 2.05 bits per heavy atom. The molecule has 1 aromatic carbocycles. The van der Waals surface area contributed by atoms with E-state index in [4.69, 9.17) is 10.9 Å². The second-order valence-corrected chi connectivity index (χ2v) is 5.95. The van der Waals surface area contributed by atoms with Crippen molar-refractivity contribution >= 4 is 15.9 Å². The van der Waals surface area contributed by atoms with Crippen LogP contribution in [-0.2, 0) is 10.0 Å². The van der Waals surface area contributed by atoms with Gasteiger partial charge in [0.2, 0.25) is 10.0 Å². The van der Waals surface area contributed by atoms with Crippen LogP contribution >= 0.6 is 0 Å². The molecule has 1 aromatic rings. The van der Waals surface area contributed by atoms with E-state index < -0.39 is 10.0 Å². The third-order valence-corrected chi connectivity index (χ3v) is 3.12. The van der Waals surface area contributed by atoms with Crippen molar-refractivity contribution in [3.63, 3.8) is 0 Å². The first kappa shape index (κ1) is 16.2. The lowest BCUT2D eigenvalue weighted by molar-refractivity contribution is 0.0956. The molecule has 0 aliphatic carbocycles. The number of aryl methyl sites for hydroxylation is 1. The molecule has 20 heavy (non-hydrogen) atoms. The van der Waals surface area contributed by atoms with E-state index in [-0.39, 0.29) is 24.7 Å². The highest BCUT2D eigenvalue weighted by Gasteiger charge is 2.08.